The van der Waals surface area contributed by atoms with E-state index in [2.05, 4.69) is 25.6 Å². The van der Waals surface area contributed by atoms with E-state index in [1.807, 2.05) is 25.5 Å². The maximum absolute atomic E-state index is 4.73. The van der Waals surface area contributed by atoms with E-state index in [4.69, 9.17) is 4.98 Å². The van der Waals surface area contributed by atoms with Crippen molar-refractivity contribution in [3.05, 3.63) is 24.2 Å². The number of anilines is 2. The van der Waals surface area contributed by atoms with Gasteiger partial charge in [0, 0.05) is 31.0 Å². The van der Waals surface area contributed by atoms with Gasteiger partial charge in [0.05, 0.1) is 11.4 Å². The first-order chi connectivity index (χ1) is 11.8. The molecule has 2 saturated carbocycles. The Morgan fingerprint density at radius 3 is 2.62 bits per heavy atom. The number of nitrogens with zero attached hydrogens (tertiary/aromatic N) is 4. The third kappa shape index (κ3) is 3.47. The molecule has 0 saturated heterocycles. The first-order valence-corrected chi connectivity index (χ1v) is 8.95. The SMILES string of the molecule is CNc1ncc(-c2ccnc(NC3CCCC3)n2)c(CC2CC2)n1. The molecule has 2 aromatic heterocycles. The molecule has 2 aromatic rings. The maximum Gasteiger partial charge on any atom is 0.223 e. The lowest BCUT2D eigenvalue weighted by atomic mass is 10.1. The van der Waals surface area contributed by atoms with Gasteiger partial charge in [-0.1, -0.05) is 12.8 Å². The summed E-state index contributed by atoms with van der Waals surface area (Å²) < 4.78 is 0. The first-order valence-electron chi connectivity index (χ1n) is 8.95. The lowest BCUT2D eigenvalue weighted by Gasteiger charge is -2.13. The molecule has 6 heteroatoms. The maximum atomic E-state index is 4.73. The Balaban J connectivity index is 1.62. The smallest absolute Gasteiger partial charge is 0.223 e. The Labute approximate surface area is 142 Å². The van der Waals surface area contributed by atoms with E-state index < -0.39 is 0 Å². The molecule has 0 aliphatic heterocycles. The van der Waals surface area contributed by atoms with Gasteiger partial charge in [0.2, 0.25) is 11.9 Å². The average Bonchev–Trinajstić information content (AvgIpc) is 3.28. The highest BCUT2D eigenvalue weighted by atomic mass is 15.1. The van der Waals surface area contributed by atoms with E-state index in [0.29, 0.717) is 12.0 Å². The lowest BCUT2D eigenvalue weighted by Crippen LogP contribution is -2.16. The van der Waals surface area contributed by atoms with Crippen LogP contribution in [-0.2, 0) is 6.42 Å². The van der Waals surface area contributed by atoms with Gasteiger partial charge in [0.1, 0.15) is 0 Å². The van der Waals surface area contributed by atoms with Crippen molar-refractivity contribution in [2.45, 2.75) is 51.0 Å². The van der Waals surface area contributed by atoms with E-state index in [0.717, 1.165) is 35.2 Å². The second kappa shape index (κ2) is 6.71. The molecule has 0 atom stereocenters. The average molecular weight is 324 g/mol. The molecule has 6 nitrogen and oxygen atoms in total. The second-order valence-electron chi connectivity index (χ2n) is 6.84. The fourth-order valence-corrected chi connectivity index (χ4v) is 3.33. The van der Waals surface area contributed by atoms with E-state index in [9.17, 15) is 0 Å². The summed E-state index contributed by atoms with van der Waals surface area (Å²) in [6, 6.07) is 2.46. The summed E-state index contributed by atoms with van der Waals surface area (Å²) in [5.74, 6) is 2.16. The molecule has 0 aromatic carbocycles. The molecule has 2 fully saturated rings. The third-order valence-electron chi connectivity index (χ3n) is 4.89. The molecule has 2 aliphatic carbocycles. The Morgan fingerprint density at radius 1 is 1.04 bits per heavy atom. The molecule has 0 unspecified atom stereocenters. The second-order valence-corrected chi connectivity index (χ2v) is 6.84. The standard InChI is InChI=1S/C18H24N6/c1-19-17-21-11-14(16(24-17)10-12-6-7-12)15-8-9-20-18(23-15)22-13-4-2-3-5-13/h8-9,11-13H,2-7,10H2,1H3,(H,19,21,24)(H,20,22,23). The van der Waals surface area contributed by atoms with E-state index in [1.165, 1.54) is 38.5 Å². The zero-order valence-corrected chi connectivity index (χ0v) is 14.1. The predicted octanol–water partition coefficient (Wildman–Crippen LogP) is 3.28. The number of aromatic nitrogens is 4. The van der Waals surface area contributed by atoms with E-state index >= 15 is 0 Å². The minimum atomic E-state index is 0.508. The minimum Gasteiger partial charge on any atom is -0.357 e. The highest BCUT2D eigenvalue weighted by Gasteiger charge is 2.25. The Hall–Kier alpha value is -2.24. The summed E-state index contributed by atoms with van der Waals surface area (Å²) >= 11 is 0. The highest BCUT2D eigenvalue weighted by Crippen LogP contribution is 2.35. The molecule has 2 aliphatic rings. The molecular weight excluding hydrogens is 300 g/mol. The first kappa shape index (κ1) is 15.3. The molecule has 0 amide bonds. The Kier molecular flexibility index (Phi) is 4.28. The van der Waals surface area contributed by atoms with Crippen molar-refractivity contribution >= 4 is 11.9 Å². The van der Waals surface area contributed by atoms with Crippen LogP contribution in [0.3, 0.4) is 0 Å². The van der Waals surface area contributed by atoms with Crippen LogP contribution in [-0.4, -0.2) is 33.0 Å². The zero-order valence-electron chi connectivity index (χ0n) is 14.1. The van der Waals surface area contributed by atoms with Crippen molar-refractivity contribution in [3.63, 3.8) is 0 Å². The molecule has 2 heterocycles. The van der Waals surface area contributed by atoms with Crippen molar-refractivity contribution in [1.29, 1.82) is 0 Å². The largest absolute Gasteiger partial charge is 0.357 e. The number of rotatable bonds is 6. The molecule has 0 radical (unpaired) electrons. The lowest BCUT2D eigenvalue weighted by molar-refractivity contribution is 0.744. The molecule has 24 heavy (non-hydrogen) atoms. The van der Waals surface area contributed by atoms with Crippen LogP contribution in [0.2, 0.25) is 0 Å². The normalized spacial score (nSPS) is 17.9. The number of hydrogen-bond acceptors (Lipinski definition) is 6. The van der Waals surface area contributed by atoms with Crippen molar-refractivity contribution in [3.8, 4) is 11.3 Å². The van der Waals surface area contributed by atoms with Gasteiger partial charge in [-0.2, -0.15) is 0 Å². The molecular formula is C18H24N6. The fraction of sp³-hybridized carbons (Fsp3) is 0.556. The summed E-state index contributed by atoms with van der Waals surface area (Å²) in [6.07, 6.45) is 12.3. The van der Waals surface area contributed by atoms with Crippen molar-refractivity contribution < 1.29 is 0 Å². The van der Waals surface area contributed by atoms with Crippen LogP contribution in [0.1, 0.15) is 44.2 Å². The van der Waals surface area contributed by atoms with Crippen LogP contribution in [0.5, 0.6) is 0 Å². The van der Waals surface area contributed by atoms with E-state index in [-0.39, 0.29) is 0 Å². The molecule has 0 bridgehead atoms. The Morgan fingerprint density at radius 2 is 1.88 bits per heavy atom. The van der Waals surface area contributed by atoms with Gasteiger partial charge < -0.3 is 10.6 Å². The van der Waals surface area contributed by atoms with Gasteiger partial charge in [-0.25, -0.2) is 19.9 Å². The zero-order chi connectivity index (χ0) is 16.4. The van der Waals surface area contributed by atoms with Crippen LogP contribution < -0.4 is 10.6 Å². The van der Waals surface area contributed by atoms with Gasteiger partial charge in [0.25, 0.3) is 0 Å². The van der Waals surface area contributed by atoms with Crippen molar-refractivity contribution in [2.24, 2.45) is 5.92 Å². The monoisotopic (exact) mass is 324 g/mol. The van der Waals surface area contributed by atoms with Crippen LogP contribution in [0, 0.1) is 5.92 Å². The highest BCUT2D eigenvalue weighted by molar-refractivity contribution is 5.63. The summed E-state index contributed by atoms with van der Waals surface area (Å²) in [5, 5.41) is 6.50. The molecule has 0 spiro atoms. The summed E-state index contributed by atoms with van der Waals surface area (Å²) in [7, 11) is 1.85. The fourth-order valence-electron chi connectivity index (χ4n) is 3.33. The van der Waals surface area contributed by atoms with E-state index in [1.54, 1.807) is 0 Å². The van der Waals surface area contributed by atoms with Crippen molar-refractivity contribution in [1.82, 2.24) is 19.9 Å². The van der Waals surface area contributed by atoms with Gasteiger partial charge in [-0.15, -0.1) is 0 Å². The van der Waals surface area contributed by atoms with Crippen LogP contribution in [0.25, 0.3) is 11.3 Å². The predicted molar refractivity (Wildman–Crippen MR) is 94.9 cm³/mol. The van der Waals surface area contributed by atoms with Crippen molar-refractivity contribution in [2.75, 3.05) is 17.7 Å². The van der Waals surface area contributed by atoms with Gasteiger partial charge in [-0.3, -0.25) is 0 Å². The molecule has 2 N–H and O–H groups in total. The van der Waals surface area contributed by atoms with Gasteiger partial charge >= 0.3 is 0 Å². The third-order valence-corrected chi connectivity index (χ3v) is 4.89. The molecule has 126 valence electrons. The molecule has 4 rings (SSSR count). The minimum absolute atomic E-state index is 0.508. The summed E-state index contributed by atoms with van der Waals surface area (Å²) in [6.45, 7) is 0. The topological polar surface area (TPSA) is 75.6 Å². The van der Waals surface area contributed by atoms with Gasteiger partial charge in [0.15, 0.2) is 0 Å². The van der Waals surface area contributed by atoms with Crippen LogP contribution >= 0.6 is 0 Å². The Bertz CT molecular complexity index is 706. The number of nitrogens with one attached hydrogen (secondary N) is 2. The number of hydrogen-bond donors (Lipinski definition) is 2. The van der Waals surface area contributed by atoms with Gasteiger partial charge in [-0.05, 0) is 44.1 Å². The summed E-state index contributed by atoms with van der Waals surface area (Å²) in [4.78, 5) is 18.2. The quantitative estimate of drug-likeness (QED) is 0.849. The summed E-state index contributed by atoms with van der Waals surface area (Å²) in [5.41, 5.74) is 3.02. The van der Waals surface area contributed by atoms with Crippen LogP contribution in [0.15, 0.2) is 18.5 Å². The van der Waals surface area contributed by atoms with Crippen LogP contribution in [0.4, 0.5) is 11.9 Å².